The molecule has 0 saturated carbocycles. The van der Waals surface area contributed by atoms with Gasteiger partial charge in [0.15, 0.2) is 11.5 Å². The van der Waals surface area contributed by atoms with Gasteiger partial charge in [-0.2, -0.15) is 0 Å². The molecular formula is C11H11ClFN5O3S. The van der Waals surface area contributed by atoms with Crippen LogP contribution < -0.4 is 10.5 Å². The van der Waals surface area contributed by atoms with Crippen LogP contribution in [-0.2, 0) is 16.6 Å². The Hall–Kier alpha value is -2.04. The van der Waals surface area contributed by atoms with Crippen LogP contribution in [0.5, 0.6) is 0 Å². The van der Waals surface area contributed by atoms with Crippen molar-refractivity contribution < 1.29 is 17.4 Å². The maximum Gasteiger partial charge on any atom is 0.209 e. The molecule has 1 aromatic carbocycles. The zero-order valence-electron chi connectivity index (χ0n) is 11.2. The van der Waals surface area contributed by atoms with Gasteiger partial charge in [-0.05, 0) is 23.4 Å². The number of rotatable bonds is 5. The molecular weight excluding hydrogens is 337 g/mol. The molecule has 0 aliphatic carbocycles. The molecule has 1 heterocycles. The molecule has 0 aliphatic heterocycles. The molecule has 1 aromatic heterocycles. The Labute approximate surface area is 130 Å². The van der Waals surface area contributed by atoms with E-state index >= 15 is 0 Å². The fourth-order valence-corrected chi connectivity index (χ4v) is 2.04. The Balaban J connectivity index is 2.25. The first-order valence-corrected chi connectivity index (χ1v) is 8.09. The van der Waals surface area contributed by atoms with Crippen molar-refractivity contribution in [3.8, 4) is 0 Å². The molecule has 0 spiro atoms. The fraction of sp³-hybridized carbons (Fsp3) is 0.182. The van der Waals surface area contributed by atoms with Crippen LogP contribution in [0.1, 0.15) is 11.4 Å². The molecule has 0 unspecified atom stereocenters. The van der Waals surface area contributed by atoms with Gasteiger partial charge >= 0.3 is 0 Å². The van der Waals surface area contributed by atoms with Crippen molar-refractivity contribution in [2.45, 2.75) is 6.54 Å². The molecule has 0 bridgehead atoms. The van der Waals surface area contributed by atoms with Crippen LogP contribution in [0, 0.1) is 5.82 Å². The van der Waals surface area contributed by atoms with Crippen molar-refractivity contribution in [3.05, 3.63) is 40.4 Å². The van der Waals surface area contributed by atoms with Crippen LogP contribution in [0.4, 0.5) is 10.1 Å². The number of hydrogen-bond donors (Lipinski definition) is 2. The van der Waals surface area contributed by atoms with E-state index in [2.05, 4.69) is 24.7 Å². The molecule has 0 fully saturated rings. The average Bonchev–Trinajstić information content (AvgIpc) is 2.88. The number of benzene rings is 1. The predicted octanol–water partition coefficient (Wildman–Crippen LogP) is 0.948. The highest BCUT2D eigenvalue weighted by molar-refractivity contribution is 7.88. The Bertz CT molecular complexity index is 821. The number of aliphatic imine (C=N–C) groups is 1. The molecule has 8 nitrogen and oxygen atoms in total. The van der Waals surface area contributed by atoms with Gasteiger partial charge in [-0.15, -0.1) is 0 Å². The van der Waals surface area contributed by atoms with Crippen LogP contribution in [0.15, 0.2) is 27.8 Å². The number of aromatic nitrogens is 2. The van der Waals surface area contributed by atoms with Gasteiger partial charge in [-0.1, -0.05) is 16.8 Å². The summed E-state index contributed by atoms with van der Waals surface area (Å²) in [6.45, 7) is -0.155. The van der Waals surface area contributed by atoms with Gasteiger partial charge in [0.25, 0.3) is 0 Å². The summed E-state index contributed by atoms with van der Waals surface area (Å²) in [5.41, 5.74) is 6.32. The minimum absolute atomic E-state index is 0.0748. The van der Waals surface area contributed by atoms with Crippen LogP contribution in [0.3, 0.4) is 0 Å². The molecule has 22 heavy (non-hydrogen) atoms. The maximum absolute atomic E-state index is 13.1. The lowest BCUT2D eigenvalue weighted by molar-refractivity contribution is 0.302. The summed E-state index contributed by atoms with van der Waals surface area (Å²) >= 11 is 5.65. The Morgan fingerprint density at radius 2 is 2.23 bits per heavy atom. The Morgan fingerprint density at radius 3 is 2.86 bits per heavy atom. The Kier molecular flexibility index (Phi) is 4.74. The zero-order valence-corrected chi connectivity index (χ0v) is 12.8. The number of nitrogens with one attached hydrogen (secondary N) is 1. The molecule has 0 radical (unpaired) electrons. The second-order valence-corrected chi connectivity index (χ2v) is 6.49. The third kappa shape index (κ3) is 4.23. The van der Waals surface area contributed by atoms with Gasteiger partial charge in [0.05, 0.1) is 23.5 Å². The fourth-order valence-electron chi connectivity index (χ4n) is 1.46. The van der Waals surface area contributed by atoms with Crippen LogP contribution in [0.25, 0.3) is 0 Å². The van der Waals surface area contributed by atoms with Gasteiger partial charge in [0.1, 0.15) is 11.5 Å². The molecule has 0 aliphatic rings. The average molecular weight is 348 g/mol. The first-order chi connectivity index (χ1) is 10.3. The highest BCUT2D eigenvalue weighted by atomic mass is 35.5. The maximum atomic E-state index is 13.1. The number of nitrogens with two attached hydrogens (primary N) is 1. The zero-order chi connectivity index (χ0) is 16.3. The number of nitrogens with zero attached hydrogens (tertiary/aromatic N) is 3. The summed E-state index contributed by atoms with van der Waals surface area (Å²) in [4.78, 5) is 4.01. The first-order valence-electron chi connectivity index (χ1n) is 5.82. The van der Waals surface area contributed by atoms with E-state index in [0.29, 0.717) is 5.69 Å². The monoisotopic (exact) mass is 347 g/mol. The number of amidine groups is 1. The van der Waals surface area contributed by atoms with Gasteiger partial charge in [-0.3, -0.25) is 0 Å². The summed E-state index contributed by atoms with van der Waals surface area (Å²) < 4.78 is 42.0. The molecule has 118 valence electrons. The largest absolute Gasteiger partial charge is 0.382 e. The Morgan fingerprint density at radius 1 is 1.50 bits per heavy atom. The third-order valence-corrected chi connectivity index (χ3v) is 3.41. The molecule has 0 amide bonds. The lowest BCUT2D eigenvalue weighted by Crippen LogP contribution is -2.24. The highest BCUT2D eigenvalue weighted by Gasteiger charge is 2.15. The third-order valence-electron chi connectivity index (χ3n) is 2.45. The second kappa shape index (κ2) is 6.38. The molecule has 2 rings (SSSR count). The van der Waals surface area contributed by atoms with Crippen LogP contribution in [0.2, 0.25) is 5.02 Å². The second-order valence-electron chi connectivity index (χ2n) is 4.25. The van der Waals surface area contributed by atoms with E-state index in [4.69, 9.17) is 17.3 Å². The van der Waals surface area contributed by atoms with Gasteiger partial charge in [0.2, 0.25) is 10.0 Å². The quantitative estimate of drug-likeness (QED) is 0.613. The van der Waals surface area contributed by atoms with Crippen molar-refractivity contribution in [2.75, 3.05) is 6.26 Å². The van der Waals surface area contributed by atoms with E-state index < -0.39 is 15.8 Å². The lowest BCUT2D eigenvalue weighted by Gasteiger charge is -2.01. The smallest absolute Gasteiger partial charge is 0.209 e. The van der Waals surface area contributed by atoms with Gasteiger partial charge in [-0.25, -0.2) is 27.2 Å². The van der Waals surface area contributed by atoms with Crippen LogP contribution in [-0.4, -0.2) is 30.8 Å². The minimum atomic E-state index is -3.41. The summed E-state index contributed by atoms with van der Waals surface area (Å²) in [5, 5.41) is 7.02. The molecule has 11 heteroatoms. The predicted molar refractivity (Wildman–Crippen MR) is 77.8 cm³/mol. The first kappa shape index (κ1) is 16.3. The SMILES string of the molecule is CS(=O)(=O)NCc1nonc1C(N)=Nc1ccc(F)c(Cl)c1. The van der Waals surface area contributed by atoms with Gasteiger partial charge in [0, 0.05) is 0 Å². The van der Waals surface area contributed by atoms with E-state index in [0.717, 1.165) is 12.3 Å². The standard InChI is InChI=1S/C11H11ClFN5O3S/c1-22(19,20)15-5-9-10(18-21-17-9)11(14)16-6-2-3-8(13)7(12)4-6/h2-4,15H,5H2,1H3,(H2,14,16). The van der Waals surface area contributed by atoms with E-state index in [1.807, 2.05) is 0 Å². The number of sulfonamides is 1. The van der Waals surface area contributed by atoms with Crippen molar-refractivity contribution in [1.29, 1.82) is 0 Å². The van der Waals surface area contributed by atoms with E-state index in [1.165, 1.54) is 12.1 Å². The van der Waals surface area contributed by atoms with E-state index in [9.17, 15) is 12.8 Å². The molecule has 0 saturated heterocycles. The molecule has 0 atom stereocenters. The normalized spacial score (nSPS) is 12.6. The topological polar surface area (TPSA) is 123 Å². The molecule has 2 aromatic rings. The lowest BCUT2D eigenvalue weighted by atomic mass is 10.3. The highest BCUT2D eigenvalue weighted by Crippen LogP contribution is 2.22. The summed E-state index contributed by atoms with van der Waals surface area (Å²) in [6, 6.07) is 3.79. The number of hydrogen-bond acceptors (Lipinski definition) is 6. The van der Waals surface area contributed by atoms with Crippen molar-refractivity contribution in [2.24, 2.45) is 10.7 Å². The molecule has 3 N–H and O–H groups in total. The van der Waals surface area contributed by atoms with E-state index in [1.54, 1.807) is 0 Å². The van der Waals surface area contributed by atoms with Crippen molar-refractivity contribution in [1.82, 2.24) is 15.0 Å². The summed E-state index contributed by atoms with van der Waals surface area (Å²) in [5.74, 6) is -0.658. The van der Waals surface area contributed by atoms with Crippen LogP contribution >= 0.6 is 11.6 Å². The number of halogens is 2. The summed E-state index contributed by atoms with van der Waals surface area (Å²) in [7, 11) is -3.41. The van der Waals surface area contributed by atoms with Gasteiger partial charge < -0.3 is 5.73 Å². The van der Waals surface area contributed by atoms with E-state index in [-0.39, 0.29) is 28.8 Å². The minimum Gasteiger partial charge on any atom is -0.382 e. The van der Waals surface area contributed by atoms with Crippen molar-refractivity contribution in [3.63, 3.8) is 0 Å². The summed E-state index contributed by atoms with van der Waals surface area (Å²) in [6.07, 6.45) is 0.998. The van der Waals surface area contributed by atoms with Crippen molar-refractivity contribution >= 4 is 33.1 Å².